The molecule has 2 saturated carbocycles. The quantitative estimate of drug-likeness (QED) is 0.719. The van der Waals surface area contributed by atoms with Crippen molar-refractivity contribution in [3.8, 4) is 0 Å². The molecule has 0 bridgehead atoms. The zero-order valence-electron chi connectivity index (χ0n) is 9.79. The lowest BCUT2D eigenvalue weighted by atomic mass is 9.71. The first kappa shape index (κ1) is 10.5. The SMILES string of the molecule is CC1CCC(C(O)C2(C)CC2)CC1C. The molecule has 1 nitrogen and oxygen atoms in total. The van der Waals surface area contributed by atoms with Crippen LogP contribution < -0.4 is 0 Å². The van der Waals surface area contributed by atoms with E-state index in [2.05, 4.69) is 20.8 Å². The summed E-state index contributed by atoms with van der Waals surface area (Å²) in [4.78, 5) is 0. The first-order valence-corrected chi connectivity index (χ1v) is 6.21. The fourth-order valence-electron chi connectivity index (χ4n) is 2.94. The molecule has 82 valence electrons. The number of rotatable bonds is 2. The van der Waals surface area contributed by atoms with Crippen molar-refractivity contribution in [2.24, 2.45) is 23.2 Å². The first-order valence-electron chi connectivity index (χ1n) is 6.21. The fourth-order valence-corrected chi connectivity index (χ4v) is 2.94. The minimum Gasteiger partial charge on any atom is -0.392 e. The lowest BCUT2D eigenvalue weighted by Gasteiger charge is -2.36. The van der Waals surface area contributed by atoms with Gasteiger partial charge in [-0.05, 0) is 48.9 Å². The predicted molar refractivity (Wildman–Crippen MR) is 59.0 cm³/mol. The lowest BCUT2D eigenvalue weighted by molar-refractivity contribution is 0.00965. The molecule has 0 saturated heterocycles. The third-order valence-corrected chi connectivity index (χ3v) is 4.84. The Labute approximate surface area is 87.9 Å². The zero-order valence-corrected chi connectivity index (χ0v) is 9.79. The monoisotopic (exact) mass is 196 g/mol. The highest BCUT2D eigenvalue weighted by atomic mass is 16.3. The normalized spacial score (nSPS) is 43.3. The van der Waals surface area contributed by atoms with Crippen LogP contribution in [0.1, 0.15) is 52.9 Å². The van der Waals surface area contributed by atoms with Crippen molar-refractivity contribution in [2.75, 3.05) is 0 Å². The molecule has 2 fully saturated rings. The van der Waals surface area contributed by atoms with Crippen LogP contribution in [0.4, 0.5) is 0 Å². The van der Waals surface area contributed by atoms with Crippen LogP contribution in [0.3, 0.4) is 0 Å². The van der Waals surface area contributed by atoms with E-state index >= 15 is 0 Å². The maximum absolute atomic E-state index is 10.3. The van der Waals surface area contributed by atoms with E-state index in [4.69, 9.17) is 0 Å². The van der Waals surface area contributed by atoms with Crippen molar-refractivity contribution in [1.29, 1.82) is 0 Å². The third kappa shape index (κ3) is 1.84. The minimum absolute atomic E-state index is 0.0163. The zero-order chi connectivity index (χ0) is 10.3. The molecule has 0 heterocycles. The van der Waals surface area contributed by atoms with E-state index in [0.29, 0.717) is 11.3 Å². The van der Waals surface area contributed by atoms with E-state index in [1.165, 1.54) is 32.1 Å². The van der Waals surface area contributed by atoms with Crippen LogP contribution in [0.15, 0.2) is 0 Å². The molecule has 2 aliphatic carbocycles. The summed E-state index contributed by atoms with van der Waals surface area (Å²) in [7, 11) is 0. The van der Waals surface area contributed by atoms with Crippen molar-refractivity contribution < 1.29 is 5.11 Å². The van der Waals surface area contributed by atoms with Crippen molar-refractivity contribution in [2.45, 2.75) is 59.0 Å². The molecule has 0 aromatic heterocycles. The van der Waals surface area contributed by atoms with Gasteiger partial charge in [-0.3, -0.25) is 0 Å². The second-order valence-electron chi connectivity index (χ2n) is 6.13. The van der Waals surface area contributed by atoms with E-state index in [0.717, 1.165) is 11.8 Å². The Kier molecular flexibility index (Phi) is 2.63. The van der Waals surface area contributed by atoms with Gasteiger partial charge in [0.25, 0.3) is 0 Å². The highest BCUT2D eigenvalue weighted by Crippen LogP contribution is 2.52. The van der Waals surface area contributed by atoms with Gasteiger partial charge in [-0.1, -0.05) is 27.2 Å². The summed E-state index contributed by atoms with van der Waals surface area (Å²) in [6, 6.07) is 0. The predicted octanol–water partition coefficient (Wildman–Crippen LogP) is 3.22. The molecule has 2 aliphatic rings. The van der Waals surface area contributed by atoms with Crippen LogP contribution in [0.2, 0.25) is 0 Å². The van der Waals surface area contributed by atoms with Crippen molar-refractivity contribution in [3.63, 3.8) is 0 Å². The molecule has 14 heavy (non-hydrogen) atoms. The molecule has 1 heteroatoms. The smallest absolute Gasteiger partial charge is 0.0622 e. The van der Waals surface area contributed by atoms with Crippen molar-refractivity contribution in [1.82, 2.24) is 0 Å². The standard InChI is InChI=1S/C13H24O/c1-9-4-5-11(8-10(9)2)12(14)13(3)6-7-13/h9-12,14H,4-8H2,1-3H3. The van der Waals surface area contributed by atoms with Gasteiger partial charge in [-0.25, -0.2) is 0 Å². The van der Waals surface area contributed by atoms with Gasteiger partial charge in [0, 0.05) is 0 Å². The van der Waals surface area contributed by atoms with E-state index < -0.39 is 0 Å². The van der Waals surface area contributed by atoms with Gasteiger partial charge in [-0.2, -0.15) is 0 Å². The second-order valence-corrected chi connectivity index (χ2v) is 6.13. The Hall–Kier alpha value is -0.0400. The summed E-state index contributed by atoms with van der Waals surface area (Å²) < 4.78 is 0. The molecule has 0 radical (unpaired) electrons. The third-order valence-electron chi connectivity index (χ3n) is 4.84. The number of aliphatic hydroxyl groups is 1. The molecule has 0 aliphatic heterocycles. The fraction of sp³-hybridized carbons (Fsp3) is 1.00. The second kappa shape index (κ2) is 3.52. The van der Waals surface area contributed by atoms with Crippen LogP contribution in [0.25, 0.3) is 0 Å². The van der Waals surface area contributed by atoms with E-state index in [9.17, 15) is 5.11 Å². The molecule has 2 rings (SSSR count). The summed E-state index contributed by atoms with van der Waals surface area (Å²) in [6.07, 6.45) is 6.29. The van der Waals surface area contributed by atoms with E-state index in [1.54, 1.807) is 0 Å². The molecule has 0 aromatic carbocycles. The van der Waals surface area contributed by atoms with Crippen molar-refractivity contribution in [3.05, 3.63) is 0 Å². The number of hydrogen-bond donors (Lipinski definition) is 1. The average molecular weight is 196 g/mol. The van der Waals surface area contributed by atoms with Gasteiger partial charge >= 0.3 is 0 Å². The van der Waals surface area contributed by atoms with Gasteiger partial charge < -0.3 is 5.11 Å². The maximum Gasteiger partial charge on any atom is 0.0622 e. The summed E-state index contributed by atoms with van der Waals surface area (Å²) in [5, 5.41) is 10.3. The lowest BCUT2D eigenvalue weighted by Crippen LogP contribution is -2.34. The van der Waals surface area contributed by atoms with Crippen LogP contribution in [0.5, 0.6) is 0 Å². The van der Waals surface area contributed by atoms with Gasteiger partial charge in [0.05, 0.1) is 6.10 Å². The summed E-state index contributed by atoms with van der Waals surface area (Å²) in [5.41, 5.74) is 0.297. The van der Waals surface area contributed by atoms with E-state index in [1.807, 2.05) is 0 Å². The van der Waals surface area contributed by atoms with Gasteiger partial charge in [0.1, 0.15) is 0 Å². The first-order chi connectivity index (χ1) is 6.53. The molecule has 0 aromatic rings. The van der Waals surface area contributed by atoms with Crippen molar-refractivity contribution >= 4 is 0 Å². The number of aliphatic hydroxyl groups excluding tert-OH is 1. The summed E-state index contributed by atoms with van der Waals surface area (Å²) in [6.45, 7) is 6.95. The molecular weight excluding hydrogens is 172 g/mol. The topological polar surface area (TPSA) is 20.2 Å². The molecule has 0 amide bonds. The van der Waals surface area contributed by atoms with E-state index in [-0.39, 0.29) is 6.10 Å². The minimum atomic E-state index is -0.0163. The molecule has 0 spiro atoms. The molecule has 4 unspecified atom stereocenters. The largest absolute Gasteiger partial charge is 0.392 e. The Morgan fingerprint density at radius 3 is 2.29 bits per heavy atom. The van der Waals surface area contributed by atoms with Crippen LogP contribution in [-0.4, -0.2) is 11.2 Å². The number of hydrogen-bond acceptors (Lipinski definition) is 1. The van der Waals surface area contributed by atoms with Gasteiger partial charge in [0.15, 0.2) is 0 Å². The Morgan fingerprint density at radius 1 is 1.14 bits per heavy atom. The van der Waals surface area contributed by atoms with Crippen LogP contribution >= 0.6 is 0 Å². The Balaban J connectivity index is 1.92. The average Bonchev–Trinajstić information content (AvgIpc) is 2.89. The Morgan fingerprint density at radius 2 is 1.79 bits per heavy atom. The highest BCUT2D eigenvalue weighted by Gasteiger charge is 2.48. The van der Waals surface area contributed by atoms with Gasteiger partial charge in [-0.15, -0.1) is 0 Å². The summed E-state index contributed by atoms with van der Waals surface area (Å²) in [5.74, 6) is 2.27. The molecule has 1 N–H and O–H groups in total. The van der Waals surface area contributed by atoms with Crippen LogP contribution in [0, 0.1) is 23.2 Å². The van der Waals surface area contributed by atoms with Crippen LogP contribution in [-0.2, 0) is 0 Å². The van der Waals surface area contributed by atoms with Gasteiger partial charge in [0.2, 0.25) is 0 Å². The Bertz CT molecular complexity index is 207. The highest BCUT2D eigenvalue weighted by molar-refractivity contribution is 4.98. The summed E-state index contributed by atoms with van der Waals surface area (Å²) >= 11 is 0. The molecular formula is C13H24O. The maximum atomic E-state index is 10.3. The molecule has 4 atom stereocenters.